The summed E-state index contributed by atoms with van der Waals surface area (Å²) < 4.78 is 4.98. The van der Waals surface area contributed by atoms with Crippen LogP contribution in [0.3, 0.4) is 0 Å². The highest BCUT2D eigenvalue weighted by molar-refractivity contribution is 7.09. The maximum atomic E-state index is 12.4. The Bertz CT molecular complexity index is 782. The maximum absolute atomic E-state index is 12.4. The van der Waals surface area contributed by atoms with Gasteiger partial charge in [0.1, 0.15) is 4.88 Å². The second-order valence-corrected chi connectivity index (χ2v) is 5.66. The minimum Gasteiger partial charge on any atom is -0.338 e. The van der Waals surface area contributed by atoms with Crippen molar-refractivity contribution in [1.29, 1.82) is 0 Å². The molecule has 106 valence electrons. The molecule has 0 saturated carbocycles. The summed E-state index contributed by atoms with van der Waals surface area (Å²) >= 11 is 0.971. The molecular formula is C12H14N4O3S. The molecule has 1 fully saturated rings. The molecule has 0 aliphatic carbocycles. The average molecular weight is 294 g/mol. The number of nitrogens with one attached hydrogen (secondary N) is 1. The predicted molar refractivity (Wildman–Crippen MR) is 75.2 cm³/mol. The summed E-state index contributed by atoms with van der Waals surface area (Å²) in [6.07, 6.45) is 3.10. The van der Waals surface area contributed by atoms with Crippen LogP contribution in [0.2, 0.25) is 0 Å². The first-order valence-electron chi connectivity index (χ1n) is 6.47. The number of nitrogens with zero attached hydrogens (tertiary/aromatic N) is 3. The largest absolute Gasteiger partial charge is 0.338 e. The van der Waals surface area contributed by atoms with Gasteiger partial charge in [-0.15, -0.1) is 0 Å². The molecule has 8 heteroatoms. The lowest BCUT2D eigenvalue weighted by atomic mass is 10.1. The van der Waals surface area contributed by atoms with Gasteiger partial charge in [0.15, 0.2) is 5.52 Å². The Hall–Kier alpha value is -1.96. The molecule has 0 unspecified atom stereocenters. The third-order valence-electron chi connectivity index (χ3n) is 3.57. The van der Waals surface area contributed by atoms with Gasteiger partial charge in [-0.05, 0) is 30.8 Å². The van der Waals surface area contributed by atoms with Crippen LogP contribution < -0.4 is 11.2 Å². The lowest BCUT2D eigenvalue weighted by molar-refractivity contribution is 0.0731. The van der Waals surface area contributed by atoms with Crippen molar-refractivity contribution in [2.45, 2.75) is 19.3 Å². The van der Waals surface area contributed by atoms with E-state index in [1.54, 1.807) is 4.90 Å². The molecule has 3 rings (SSSR count). The zero-order chi connectivity index (χ0) is 14.3. The molecule has 0 radical (unpaired) electrons. The van der Waals surface area contributed by atoms with E-state index in [1.807, 2.05) is 0 Å². The molecule has 0 bridgehead atoms. The van der Waals surface area contributed by atoms with Crippen molar-refractivity contribution in [3.63, 3.8) is 0 Å². The molecule has 0 spiro atoms. The molecule has 1 N–H and O–H groups in total. The summed E-state index contributed by atoms with van der Waals surface area (Å²) in [5.41, 5.74) is -0.593. The van der Waals surface area contributed by atoms with Crippen LogP contribution >= 0.6 is 11.5 Å². The van der Waals surface area contributed by atoms with E-state index >= 15 is 0 Å². The highest BCUT2D eigenvalue weighted by Crippen LogP contribution is 2.21. The van der Waals surface area contributed by atoms with E-state index in [2.05, 4.69) is 9.36 Å². The van der Waals surface area contributed by atoms with Gasteiger partial charge in [0.05, 0.1) is 5.52 Å². The van der Waals surface area contributed by atoms with E-state index < -0.39 is 11.2 Å². The van der Waals surface area contributed by atoms with Crippen molar-refractivity contribution in [2.24, 2.45) is 7.05 Å². The van der Waals surface area contributed by atoms with Crippen LogP contribution in [0.1, 0.15) is 28.9 Å². The number of aromatic amines is 1. The zero-order valence-electron chi connectivity index (χ0n) is 11.0. The number of carbonyl (C=O) groups is 1. The number of H-pyrrole nitrogens is 1. The van der Waals surface area contributed by atoms with Crippen molar-refractivity contribution in [2.75, 3.05) is 13.1 Å². The third-order valence-corrected chi connectivity index (χ3v) is 4.41. The van der Waals surface area contributed by atoms with E-state index in [-0.39, 0.29) is 16.9 Å². The van der Waals surface area contributed by atoms with E-state index in [4.69, 9.17) is 0 Å². The van der Waals surface area contributed by atoms with Gasteiger partial charge in [-0.1, -0.05) is 0 Å². The molecule has 1 aliphatic rings. The van der Waals surface area contributed by atoms with Gasteiger partial charge in [-0.3, -0.25) is 14.2 Å². The fourth-order valence-electron chi connectivity index (χ4n) is 2.38. The van der Waals surface area contributed by atoms with Crippen LogP contribution in [-0.4, -0.2) is 37.8 Å². The lowest BCUT2D eigenvalue weighted by Gasteiger charge is -2.25. The number of hydrogen-bond acceptors (Lipinski definition) is 5. The van der Waals surface area contributed by atoms with Crippen LogP contribution in [0, 0.1) is 0 Å². The van der Waals surface area contributed by atoms with Gasteiger partial charge >= 0.3 is 5.69 Å². The second kappa shape index (κ2) is 4.86. The average Bonchev–Trinajstić information content (AvgIpc) is 2.89. The van der Waals surface area contributed by atoms with Gasteiger partial charge in [0.25, 0.3) is 11.5 Å². The lowest BCUT2D eigenvalue weighted by Crippen LogP contribution is -2.36. The summed E-state index contributed by atoms with van der Waals surface area (Å²) in [5.74, 6) is -0.152. The van der Waals surface area contributed by atoms with Gasteiger partial charge in [-0.25, -0.2) is 4.79 Å². The Labute approximate surface area is 118 Å². The van der Waals surface area contributed by atoms with Crippen molar-refractivity contribution < 1.29 is 4.79 Å². The molecule has 0 atom stereocenters. The molecule has 20 heavy (non-hydrogen) atoms. The van der Waals surface area contributed by atoms with E-state index in [9.17, 15) is 14.4 Å². The zero-order valence-corrected chi connectivity index (χ0v) is 11.8. The van der Waals surface area contributed by atoms with E-state index in [0.29, 0.717) is 18.0 Å². The summed E-state index contributed by atoms with van der Waals surface area (Å²) in [5, 5.41) is 0. The van der Waals surface area contributed by atoms with Gasteiger partial charge in [-0.2, -0.15) is 4.37 Å². The Balaban J connectivity index is 2.11. The first-order valence-corrected chi connectivity index (χ1v) is 7.25. The van der Waals surface area contributed by atoms with Gasteiger partial charge in [0, 0.05) is 20.1 Å². The topological polar surface area (TPSA) is 88.1 Å². The fourth-order valence-corrected chi connectivity index (χ4v) is 3.18. The monoisotopic (exact) mass is 294 g/mol. The molecular weight excluding hydrogens is 280 g/mol. The molecule has 2 aromatic rings. The quantitative estimate of drug-likeness (QED) is 0.820. The van der Waals surface area contributed by atoms with E-state index in [1.165, 1.54) is 7.05 Å². The normalized spacial score (nSPS) is 15.8. The van der Waals surface area contributed by atoms with Crippen LogP contribution in [0.25, 0.3) is 11.0 Å². The first kappa shape index (κ1) is 13.0. The van der Waals surface area contributed by atoms with Crippen molar-refractivity contribution in [3.05, 3.63) is 25.7 Å². The van der Waals surface area contributed by atoms with Gasteiger partial charge < -0.3 is 9.88 Å². The SMILES string of the molecule is Cn1c(=O)[nH]c2c(C(=O)N3CCCCC3)snc2c1=O. The summed E-state index contributed by atoms with van der Waals surface area (Å²) in [6.45, 7) is 1.43. The maximum Gasteiger partial charge on any atom is 0.328 e. The Morgan fingerprint density at radius 2 is 1.95 bits per heavy atom. The third kappa shape index (κ3) is 1.96. The number of hydrogen-bond donors (Lipinski definition) is 1. The van der Waals surface area contributed by atoms with Crippen molar-refractivity contribution in [1.82, 2.24) is 18.8 Å². The number of fused-ring (bicyclic) bond motifs is 1. The molecule has 1 aliphatic heterocycles. The predicted octanol–water partition coefficient (Wildman–Crippen LogP) is 0.309. The summed E-state index contributed by atoms with van der Waals surface area (Å²) in [4.78, 5) is 40.7. The molecule has 7 nitrogen and oxygen atoms in total. The number of amides is 1. The second-order valence-electron chi connectivity index (χ2n) is 4.88. The van der Waals surface area contributed by atoms with Crippen LogP contribution in [0.4, 0.5) is 0 Å². The van der Waals surface area contributed by atoms with Crippen molar-refractivity contribution in [3.8, 4) is 0 Å². The number of likely N-dealkylation sites (tertiary alicyclic amines) is 1. The number of rotatable bonds is 1. The Morgan fingerprint density at radius 1 is 1.25 bits per heavy atom. The molecule has 0 aromatic carbocycles. The van der Waals surface area contributed by atoms with Gasteiger partial charge in [0.2, 0.25) is 0 Å². The van der Waals surface area contributed by atoms with Crippen LogP contribution in [0.5, 0.6) is 0 Å². The minimum absolute atomic E-state index is 0.150. The highest BCUT2D eigenvalue weighted by Gasteiger charge is 2.24. The molecule has 3 heterocycles. The van der Waals surface area contributed by atoms with Crippen molar-refractivity contribution >= 4 is 28.5 Å². The summed E-state index contributed by atoms with van der Waals surface area (Å²) in [6, 6.07) is 0. The van der Waals surface area contributed by atoms with E-state index in [0.717, 1.165) is 35.4 Å². The standard InChI is InChI=1S/C12H14N4O3S/c1-15-10(17)8-7(13-12(15)19)9(20-14-8)11(18)16-5-3-2-4-6-16/h2-6H2,1H3,(H,13,19). The molecule has 1 saturated heterocycles. The Kier molecular flexibility index (Phi) is 3.17. The number of carbonyl (C=O) groups excluding carboxylic acids is 1. The van der Waals surface area contributed by atoms with Crippen LogP contribution in [-0.2, 0) is 7.05 Å². The number of piperidine rings is 1. The molecule has 2 aromatic heterocycles. The van der Waals surface area contributed by atoms with Crippen LogP contribution in [0.15, 0.2) is 9.59 Å². The smallest absolute Gasteiger partial charge is 0.328 e. The Morgan fingerprint density at radius 3 is 2.65 bits per heavy atom. The fraction of sp³-hybridized carbons (Fsp3) is 0.500. The first-order chi connectivity index (χ1) is 9.59. The minimum atomic E-state index is -0.532. The summed E-state index contributed by atoms with van der Waals surface area (Å²) in [7, 11) is 1.38. The highest BCUT2D eigenvalue weighted by atomic mass is 32.1. The molecule has 1 amide bonds. The number of aromatic nitrogens is 3.